The molecule has 9 heteroatoms. The summed E-state index contributed by atoms with van der Waals surface area (Å²) in [5, 5.41) is 12.0. The lowest BCUT2D eigenvalue weighted by atomic mass is 10.1. The number of hydrogen-bond acceptors (Lipinski definition) is 6. The Morgan fingerprint density at radius 2 is 1.76 bits per heavy atom. The van der Waals surface area contributed by atoms with Crippen molar-refractivity contribution in [3.63, 3.8) is 0 Å². The first-order valence-corrected chi connectivity index (χ1v) is 11.4. The number of carbonyl (C=O) groups is 1. The molecular formula is C24H19ClN2O5S. The maximum Gasteiger partial charge on any atom is 0.339 e. The Morgan fingerprint density at radius 1 is 1.09 bits per heavy atom. The van der Waals surface area contributed by atoms with Crippen molar-refractivity contribution in [2.45, 2.75) is 11.8 Å². The summed E-state index contributed by atoms with van der Waals surface area (Å²) in [6.45, 7) is 1.92. The number of hydrogen-bond donors (Lipinski definition) is 1. The molecule has 0 saturated heterocycles. The van der Waals surface area contributed by atoms with Crippen LogP contribution in [-0.2, 0) is 14.9 Å². The Hall–Kier alpha value is -3.80. The van der Waals surface area contributed by atoms with Crippen LogP contribution in [0.4, 0.5) is 5.69 Å². The largest absolute Gasteiger partial charge is 0.493 e. The molecular weight excluding hydrogens is 464 g/mol. The van der Waals surface area contributed by atoms with Crippen molar-refractivity contribution in [3.8, 4) is 17.6 Å². The maximum absolute atomic E-state index is 12.6. The summed E-state index contributed by atoms with van der Waals surface area (Å²) >= 11 is 6.28. The second kappa shape index (κ2) is 10.2. The summed E-state index contributed by atoms with van der Waals surface area (Å²) in [5.74, 6) is -0.796. The fraction of sp³-hybridized carbons (Fsp3) is 0.0833. The number of benzene rings is 3. The van der Waals surface area contributed by atoms with Gasteiger partial charge in [-0.1, -0.05) is 47.5 Å². The predicted molar refractivity (Wildman–Crippen MR) is 126 cm³/mol. The van der Waals surface area contributed by atoms with Gasteiger partial charge in [0.1, 0.15) is 16.5 Å². The van der Waals surface area contributed by atoms with E-state index in [1.165, 1.54) is 37.5 Å². The fourth-order valence-corrected chi connectivity index (χ4v) is 4.08. The molecule has 0 saturated carbocycles. The SMILES string of the molecule is COc1cc(/C=C(\C#N)C(=O)Nc2ccc(C)cc2)cc(Cl)c1OS(=O)(=O)c1ccccc1. The second-order valence-corrected chi connectivity index (χ2v) is 8.83. The van der Waals surface area contributed by atoms with Gasteiger partial charge in [0.05, 0.1) is 12.1 Å². The first-order chi connectivity index (χ1) is 15.7. The predicted octanol–water partition coefficient (Wildman–Crippen LogP) is 4.97. The number of ether oxygens (including phenoxy) is 1. The number of anilines is 1. The van der Waals surface area contributed by atoms with Gasteiger partial charge in [-0.25, -0.2) is 0 Å². The van der Waals surface area contributed by atoms with E-state index in [1.807, 2.05) is 25.1 Å². The molecule has 3 aromatic carbocycles. The number of amides is 1. The molecule has 0 radical (unpaired) electrons. The molecule has 1 amide bonds. The molecule has 168 valence electrons. The van der Waals surface area contributed by atoms with E-state index in [1.54, 1.807) is 30.3 Å². The van der Waals surface area contributed by atoms with Gasteiger partial charge in [-0.05, 0) is 55.0 Å². The first-order valence-electron chi connectivity index (χ1n) is 9.60. The summed E-state index contributed by atoms with van der Waals surface area (Å²) < 4.78 is 35.6. The molecule has 0 aromatic heterocycles. The fourth-order valence-electron chi connectivity index (χ4n) is 2.80. The molecule has 0 aliphatic rings. The first kappa shape index (κ1) is 23.9. The summed E-state index contributed by atoms with van der Waals surface area (Å²) in [5.41, 5.74) is 1.73. The van der Waals surface area contributed by atoms with Crippen LogP contribution in [0.2, 0.25) is 5.02 Å². The van der Waals surface area contributed by atoms with Gasteiger partial charge in [0.25, 0.3) is 5.91 Å². The van der Waals surface area contributed by atoms with Crippen molar-refractivity contribution >= 4 is 39.4 Å². The highest BCUT2D eigenvalue weighted by Gasteiger charge is 2.22. The molecule has 0 unspecified atom stereocenters. The average Bonchev–Trinajstić information content (AvgIpc) is 2.80. The van der Waals surface area contributed by atoms with Crippen molar-refractivity contribution in [2.24, 2.45) is 0 Å². The van der Waals surface area contributed by atoms with Crippen LogP contribution in [0.3, 0.4) is 0 Å². The highest BCUT2D eigenvalue weighted by atomic mass is 35.5. The van der Waals surface area contributed by atoms with E-state index < -0.39 is 16.0 Å². The van der Waals surface area contributed by atoms with Gasteiger partial charge < -0.3 is 14.2 Å². The zero-order valence-corrected chi connectivity index (χ0v) is 19.3. The van der Waals surface area contributed by atoms with Crippen LogP contribution in [0.1, 0.15) is 11.1 Å². The number of nitriles is 1. The van der Waals surface area contributed by atoms with Gasteiger partial charge in [-0.15, -0.1) is 0 Å². The van der Waals surface area contributed by atoms with Crippen molar-refractivity contribution in [3.05, 3.63) is 88.5 Å². The van der Waals surface area contributed by atoms with E-state index >= 15 is 0 Å². The number of carbonyl (C=O) groups excluding carboxylic acids is 1. The Kier molecular flexibility index (Phi) is 7.38. The van der Waals surface area contributed by atoms with E-state index in [0.29, 0.717) is 11.3 Å². The zero-order valence-electron chi connectivity index (χ0n) is 17.7. The van der Waals surface area contributed by atoms with Gasteiger partial charge in [0.2, 0.25) is 5.75 Å². The molecule has 0 aliphatic carbocycles. The quantitative estimate of drug-likeness (QED) is 0.289. The molecule has 3 rings (SSSR count). The van der Waals surface area contributed by atoms with Crippen LogP contribution in [0.5, 0.6) is 11.5 Å². The van der Waals surface area contributed by atoms with E-state index in [0.717, 1.165) is 5.56 Å². The van der Waals surface area contributed by atoms with Crippen molar-refractivity contribution < 1.29 is 22.1 Å². The van der Waals surface area contributed by atoms with Crippen LogP contribution >= 0.6 is 11.6 Å². The molecule has 0 atom stereocenters. The Bertz CT molecular complexity index is 1350. The number of nitrogens with one attached hydrogen (secondary N) is 1. The molecule has 0 fully saturated rings. The summed E-state index contributed by atoms with van der Waals surface area (Å²) in [7, 11) is -2.84. The molecule has 33 heavy (non-hydrogen) atoms. The summed E-state index contributed by atoms with van der Waals surface area (Å²) in [6.07, 6.45) is 1.31. The van der Waals surface area contributed by atoms with Crippen LogP contribution in [0.15, 0.2) is 77.2 Å². The molecule has 1 N–H and O–H groups in total. The second-order valence-electron chi connectivity index (χ2n) is 6.87. The number of rotatable bonds is 7. The zero-order chi connectivity index (χ0) is 24.0. The smallest absolute Gasteiger partial charge is 0.339 e. The third-order valence-electron chi connectivity index (χ3n) is 4.46. The standard InChI is InChI=1S/C24H19ClN2O5S/c1-16-8-10-19(11-9-16)27-24(28)18(15-26)12-17-13-21(25)23(22(14-17)31-2)32-33(29,30)20-6-4-3-5-7-20/h3-14H,1-2H3,(H,27,28)/b18-12+. The Labute approximate surface area is 197 Å². The topological polar surface area (TPSA) is 105 Å². The van der Waals surface area contributed by atoms with Crippen LogP contribution in [-0.4, -0.2) is 21.4 Å². The molecule has 0 heterocycles. The van der Waals surface area contributed by atoms with Crippen LogP contribution < -0.4 is 14.2 Å². The highest BCUT2D eigenvalue weighted by Crippen LogP contribution is 2.38. The van der Waals surface area contributed by atoms with Crippen LogP contribution in [0, 0.1) is 18.3 Å². The average molecular weight is 483 g/mol. The van der Waals surface area contributed by atoms with E-state index in [4.69, 9.17) is 20.5 Å². The van der Waals surface area contributed by atoms with E-state index in [-0.39, 0.29) is 27.0 Å². The Balaban J connectivity index is 1.90. The molecule has 0 spiro atoms. The van der Waals surface area contributed by atoms with Gasteiger partial charge in [0.15, 0.2) is 5.75 Å². The minimum Gasteiger partial charge on any atom is -0.493 e. The van der Waals surface area contributed by atoms with Crippen LogP contribution in [0.25, 0.3) is 6.08 Å². The maximum atomic E-state index is 12.6. The monoisotopic (exact) mass is 482 g/mol. The minimum absolute atomic E-state index is 0.0180. The van der Waals surface area contributed by atoms with E-state index in [9.17, 15) is 18.5 Å². The molecule has 7 nitrogen and oxygen atoms in total. The number of aryl methyl sites for hydroxylation is 1. The molecule has 0 bridgehead atoms. The third-order valence-corrected chi connectivity index (χ3v) is 5.98. The number of methoxy groups -OCH3 is 1. The van der Waals surface area contributed by atoms with Crippen molar-refractivity contribution in [1.82, 2.24) is 0 Å². The summed E-state index contributed by atoms with van der Waals surface area (Å²) in [4.78, 5) is 12.5. The van der Waals surface area contributed by atoms with Gasteiger partial charge in [-0.3, -0.25) is 4.79 Å². The highest BCUT2D eigenvalue weighted by molar-refractivity contribution is 7.87. The number of halogens is 1. The summed E-state index contributed by atoms with van der Waals surface area (Å²) in [6, 6.07) is 19.3. The number of nitrogens with zero attached hydrogens (tertiary/aromatic N) is 1. The van der Waals surface area contributed by atoms with E-state index in [2.05, 4.69) is 5.32 Å². The van der Waals surface area contributed by atoms with Gasteiger partial charge in [0, 0.05) is 5.69 Å². The minimum atomic E-state index is -4.16. The van der Waals surface area contributed by atoms with Crippen molar-refractivity contribution in [2.75, 3.05) is 12.4 Å². The van der Waals surface area contributed by atoms with Gasteiger partial charge in [-0.2, -0.15) is 13.7 Å². The van der Waals surface area contributed by atoms with Gasteiger partial charge >= 0.3 is 10.1 Å². The lowest BCUT2D eigenvalue weighted by Crippen LogP contribution is -2.13. The Morgan fingerprint density at radius 3 is 2.36 bits per heavy atom. The molecule has 0 aliphatic heterocycles. The molecule has 3 aromatic rings. The third kappa shape index (κ3) is 5.92. The lowest BCUT2D eigenvalue weighted by molar-refractivity contribution is -0.112. The normalized spacial score (nSPS) is 11.4. The van der Waals surface area contributed by atoms with Crippen molar-refractivity contribution in [1.29, 1.82) is 5.26 Å². The lowest BCUT2D eigenvalue weighted by Gasteiger charge is -2.13.